The second-order valence-corrected chi connectivity index (χ2v) is 5.39. The maximum atomic E-state index is 4.43. The standard InChI is InChI=1S/C12H19BrN2/c1-9(2)8-15(10(3)4)12-6-5-11(13)7-14-12/h5-7,9-10H,8H2,1-4H3. The third kappa shape index (κ3) is 3.82. The molecule has 0 radical (unpaired) electrons. The Morgan fingerprint density at radius 3 is 2.33 bits per heavy atom. The molecular formula is C12H19BrN2. The Kier molecular flexibility index (Phi) is 4.58. The van der Waals surface area contributed by atoms with Crippen molar-refractivity contribution in [2.75, 3.05) is 11.4 Å². The van der Waals surface area contributed by atoms with Gasteiger partial charge in [0.1, 0.15) is 5.82 Å². The summed E-state index contributed by atoms with van der Waals surface area (Å²) in [6.45, 7) is 9.91. The zero-order valence-electron chi connectivity index (χ0n) is 9.87. The highest BCUT2D eigenvalue weighted by Crippen LogP contribution is 2.18. The number of halogens is 1. The van der Waals surface area contributed by atoms with Crippen LogP contribution >= 0.6 is 15.9 Å². The van der Waals surface area contributed by atoms with Crippen LogP contribution in [-0.2, 0) is 0 Å². The Balaban J connectivity index is 2.84. The zero-order chi connectivity index (χ0) is 11.4. The Labute approximate surface area is 101 Å². The fourth-order valence-electron chi connectivity index (χ4n) is 1.50. The molecular weight excluding hydrogens is 252 g/mol. The van der Waals surface area contributed by atoms with Crippen molar-refractivity contribution in [2.24, 2.45) is 5.92 Å². The van der Waals surface area contributed by atoms with Gasteiger partial charge in [-0.25, -0.2) is 4.98 Å². The van der Waals surface area contributed by atoms with E-state index in [4.69, 9.17) is 0 Å². The van der Waals surface area contributed by atoms with Gasteiger partial charge in [0.25, 0.3) is 0 Å². The molecule has 0 spiro atoms. The average Bonchev–Trinajstić information content (AvgIpc) is 2.15. The Morgan fingerprint density at radius 2 is 1.93 bits per heavy atom. The highest BCUT2D eigenvalue weighted by atomic mass is 79.9. The van der Waals surface area contributed by atoms with Gasteiger partial charge < -0.3 is 4.90 Å². The van der Waals surface area contributed by atoms with Crippen LogP contribution in [0.4, 0.5) is 5.82 Å². The van der Waals surface area contributed by atoms with E-state index in [-0.39, 0.29) is 0 Å². The molecule has 0 bridgehead atoms. The summed E-state index contributed by atoms with van der Waals surface area (Å²) in [6.07, 6.45) is 1.85. The van der Waals surface area contributed by atoms with Gasteiger partial charge in [0.15, 0.2) is 0 Å². The predicted octanol–water partition coefficient (Wildman–Crippen LogP) is 3.71. The number of nitrogens with zero attached hydrogens (tertiary/aromatic N) is 2. The van der Waals surface area contributed by atoms with Crippen LogP contribution in [0.25, 0.3) is 0 Å². The number of aromatic nitrogens is 1. The maximum absolute atomic E-state index is 4.43. The van der Waals surface area contributed by atoms with Crippen LogP contribution in [0.15, 0.2) is 22.8 Å². The number of pyridine rings is 1. The third-order valence-electron chi connectivity index (χ3n) is 2.19. The second-order valence-electron chi connectivity index (χ2n) is 4.47. The van der Waals surface area contributed by atoms with Gasteiger partial charge in [0.05, 0.1) is 0 Å². The molecule has 0 aliphatic heterocycles. The summed E-state index contributed by atoms with van der Waals surface area (Å²) >= 11 is 3.40. The van der Waals surface area contributed by atoms with Crippen LogP contribution in [0.2, 0.25) is 0 Å². The van der Waals surface area contributed by atoms with E-state index in [1.54, 1.807) is 0 Å². The molecule has 84 valence electrons. The van der Waals surface area contributed by atoms with Gasteiger partial charge in [-0.3, -0.25) is 0 Å². The van der Waals surface area contributed by atoms with Crippen LogP contribution in [0.1, 0.15) is 27.7 Å². The van der Waals surface area contributed by atoms with Crippen LogP contribution in [0.5, 0.6) is 0 Å². The molecule has 0 N–H and O–H groups in total. The van der Waals surface area contributed by atoms with E-state index in [9.17, 15) is 0 Å². The largest absolute Gasteiger partial charge is 0.354 e. The van der Waals surface area contributed by atoms with Crippen molar-refractivity contribution < 1.29 is 0 Å². The monoisotopic (exact) mass is 270 g/mol. The first-order valence-corrected chi connectivity index (χ1v) is 6.18. The van der Waals surface area contributed by atoms with Crippen LogP contribution in [0.3, 0.4) is 0 Å². The lowest BCUT2D eigenvalue weighted by atomic mass is 10.2. The summed E-state index contributed by atoms with van der Waals surface area (Å²) in [5.41, 5.74) is 0. The average molecular weight is 271 g/mol. The molecule has 0 saturated heterocycles. The minimum atomic E-state index is 0.487. The van der Waals surface area contributed by atoms with Gasteiger partial charge in [0.2, 0.25) is 0 Å². The number of anilines is 1. The fraction of sp³-hybridized carbons (Fsp3) is 0.583. The van der Waals surface area contributed by atoms with Gasteiger partial charge in [-0.1, -0.05) is 13.8 Å². The summed E-state index contributed by atoms with van der Waals surface area (Å²) in [5, 5.41) is 0. The molecule has 0 aromatic carbocycles. The Morgan fingerprint density at radius 1 is 1.27 bits per heavy atom. The van der Waals surface area contributed by atoms with Gasteiger partial charge in [0, 0.05) is 23.3 Å². The molecule has 0 amide bonds. The summed E-state index contributed by atoms with van der Waals surface area (Å²) in [5.74, 6) is 1.71. The van der Waals surface area contributed by atoms with Crippen LogP contribution in [-0.4, -0.2) is 17.6 Å². The van der Waals surface area contributed by atoms with E-state index in [0.29, 0.717) is 12.0 Å². The molecule has 0 aliphatic rings. The summed E-state index contributed by atoms with van der Waals surface area (Å²) in [6, 6.07) is 4.59. The summed E-state index contributed by atoms with van der Waals surface area (Å²) in [7, 11) is 0. The van der Waals surface area contributed by atoms with Gasteiger partial charge in [-0.15, -0.1) is 0 Å². The SMILES string of the molecule is CC(C)CN(c1ccc(Br)cn1)C(C)C. The van der Waals surface area contributed by atoms with Gasteiger partial charge >= 0.3 is 0 Å². The maximum Gasteiger partial charge on any atom is 0.128 e. The molecule has 1 heterocycles. The molecule has 0 fully saturated rings. The lowest BCUT2D eigenvalue weighted by Crippen LogP contribution is -2.34. The third-order valence-corrected chi connectivity index (χ3v) is 2.66. The van der Waals surface area contributed by atoms with Gasteiger partial charge in [-0.05, 0) is 47.8 Å². The van der Waals surface area contributed by atoms with Crippen molar-refractivity contribution in [1.29, 1.82) is 0 Å². The lowest BCUT2D eigenvalue weighted by molar-refractivity contribution is 0.566. The molecule has 0 aliphatic carbocycles. The van der Waals surface area contributed by atoms with E-state index in [1.165, 1.54) is 0 Å². The lowest BCUT2D eigenvalue weighted by Gasteiger charge is -2.29. The quantitative estimate of drug-likeness (QED) is 0.829. The minimum absolute atomic E-state index is 0.487. The Bertz CT molecular complexity index is 293. The smallest absolute Gasteiger partial charge is 0.128 e. The molecule has 1 rings (SSSR count). The number of hydrogen-bond donors (Lipinski definition) is 0. The molecule has 1 aromatic rings. The molecule has 3 heteroatoms. The molecule has 2 nitrogen and oxygen atoms in total. The minimum Gasteiger partial charge on any atom is -0.354 e. The van der Waals surface area contributed by atoms with Crippen molar-refractivity contribution in [3.8, 4) is 0 Å². The predicted molar refractivity (Wildman–Crippen MR) is 69.3 cm³/mol. The highest BCUT2D eigenvalue weighted by Gasteiger charge is 2.12. The fourth-order valence-corrected chi connectivity index (χ4v) is 1.73. The van der Waals surface area contributed by atoms with E-state index < -0.39 is 0 Å². The van der Waals surface area contributed by atoms with Crippen molar-refractivity contribution in [3.63, 3.8) is 0 Å². The first-order valence-electron chi connectivity index (χ1n) is 5.39. The van der Waals surface area contributed by atoms with Crippen LogP contribution < -0.4 is 4.90 Å². The molecule has 0 saturated carbocycles. The molecule has 0 atom stereocenters. The highest BCUT2D eigenvalue weighted by molar-refractivity contribution is 9.10. The van der Waals surface area contributed by atoms with E-state index in [1.807, 2.05) is 12.3 Å². The van der Waals surface area contributed by atoms with E-state index in [2.05, 4.69) is 59.6 Å². The number of rotatable bonds is 4. The number of hydrogen-bond acceptors (Lipinski definition) is 2. The first kappa shape index (κ1) is 12.5. The van der Waals surface area contributed by atoms with E-state index in [0.717, 1.165) is 16.8 Å². The van der Waals surface area contributed by atoms with E-state index >= 15 is 0 Å². The molecule has 0 unspecified atom stereocenters. The van der Waals surface area contributed by atoms with Crippen LogP contribution in [0, 0.1) is 5.92 Å². The molecule has 15 heavy (non-hydrogen) atoms. The van der Waals surface area contributed by atoms with Crippen molar-refractivity contribution in [3.05, 3.63) is 22.8 Å². The second kappa shape index (κ2) is 5.50. The Hall–Kier alpha value is -0.570. The molecule has 1 aromatic heterocycles. The zero-order valence-corrected chi connectivity index (χ0v) is 11.5. The van der Waals surface area contributed by atoms with Gasteiger partial charge in [-0.2, -0.15) is 0 Å². The van der Waals surface area contributed by atoms with Crippen molar-refractivity contribution >= 4 is 21.7 Å². The van der Waals surface area contributed by atoms with Crippen molar-refractivity contribution in [1.82, 2.24) is 4.98 Å². The summed E-state index contributed by atoms with van der Waals surface area (Å²) < 4.78 is 1.03. The topological polar surface area (TPSA) is 16.1 Å². The first-order chi connectivity index (χ1) is 7.00. The summed E-state index contributed by atoms with van der Waals surface area (Å²) in [4.78, 5) is 6.76. The van der Waals surface area contributed by atoms with Crippen molar-refractivity contribution in [2.45, 2.75) is 33.7 Å². The normalized spacial score (nSPS) is 11.1.